The average molecular weight is 471 g/mol. The first kappa shape index (κ1) is 23.2. The van der Waals surface area contributed by atoms with Crippen molar-refractivity contribution in [1.29, 1.82) is 0 Å². The van der Waals surface area contributed by atoms with Gasteiger partial charge in [0.2, 0.25) is 11.3 Å². The fourth-order valence-electron chi connectivity index (χ4n) is 3.59. The normalized spacial score (nSPS) is 11.6. The van der Waals surface area contributed by atoms with E-state index in [4.69, 9.17) is 5.11 Å². The van der Waals surface area contributed by atoms with Crippen LogP contribution in [0.25, 0.3) is 22.0 Å². The maximum absolute atomic E-state index is 12.6. The lowest BCUT2D eigenvalue weighted by atomic mass is 10.0. The van der Waals surface area contributed by atoms with Crippen molar-refractivity contribution in [1.82, 2.24) is 10.3 Å². The number of hydrogen-bond acceptors (Lipinski definition) is 5. The summed E-state index contributed by atoms with van der Waals surface area (Å²) in [5.41, 5.74) is 1.14. The molecule has 0 unspecified atom stereocenters. The molecule has 1 heterocycles. The predicted molar refractivity (Wildman–Crippen MR) is 131 cm³/mol. The molecule has 0 aliphatic heterocycles. The van der Waals surface area contributed by atoms with Gasteiger partial charge in [-0.05, 0) is 48.9 Å². The quantitative estimate of drug-likeness (QED) is 0.291. The molecule has 35 heavy (non-hydrogen) atoms. The number of carboxylic acids is 1. The predicted octanol–water partition coefficient (Wildman–Crippen LogP) is 3.36. The summed E-state index contributed by atoms with van der Waals surface area (Å²) < 4.78 is 0. The summed E-state index contributed by atoms with van der Waals surface area (Å²) in [6.07, 6.45) is 1.12. The van der Waals surface area contributed by atoms with E-state index in [1.54, 1.807) is 18.2 Å². The van der Waals surface area contributed by atoms with Gasteiger partial charge in [-0.2, -0.15) is 0 Å². The number of benzene rings is 3. The first-order valence-corrected chi connectivity index (χ1v) is 10.6. The number of aromatic carboxylic acids is 1. The third kappa shape index (κ3) is 4.88. The van der Waals surface area contributed by atoms with Gasteiger partial charge in [0.1, 0.15) is 17.4 Å². The molecule has 4 aromatic rings. The first-order chi connectivity index (χ1) is 16.7. The lowest BCUT2D eigenvalue weighted by Crippen LogP contribution is -2.41. The number of nitrogens with one attached hydrogen (secondary N) is 3. The number of H-pyrrole nitrogens is 1. The second-order valence-corrected chi connectivity index (χ2v) is 7.88. The maximum atomic E-state index is 12.6. The first-order valence-electron chi connectivity index (χ1n) is 10.6. The lowest BCUT2D eigenvalue weighted by Gasteiger charge is -2.15. The largest absolute Gasteiger partial charge is 0.507 e. The van der Waals surface area contributed by atoms with E-state index in [2.05, 4.69) is 15.6 Å². The van der Waals surface area contributed by atoms with Crippen molar-refractivity contribution in [2.24, 2.45) is 0 Å². The van der Waals surface area contributed by atoms with Gasteiger partial charge in [0, 0.05) is 33.9 Å². The molecule has 2 amide bonds. The van der Waals surface area contributed by atoms with Gasteiger partial charge < -0.3 is 25.8 Å². The van der Waals surface area contributed by atoms with Gasteiger partial charge in [-0.3, -0.25) is 14.4 Å². The number of pyridine rings is 1. The number of phenols is 1. The molecule has 0 radical (unpaired) electrons. The standard InChI is InChI=1S/C26H21N3O6/c1-14(28-25(33)16-7-9-18(22(30)11-16)15-5-3-2-4-6-15)24(32)29-17-8-10-21-19(12-17)23(31)20(13-27-21)26(34)35/h2-14,30H,1H3,(H,27,31)(H,28,33)(H,29,32)(H,34,35)/t14-/m0/s1. The molecule has 3 aromatic carbocycles. The van der Waals surface area contributed by atoms with Gasteiger partial charge >= 0.3 is 5.97 Å². The number of anilines is 1. The number of amides is 2. The number of carboxylic acid groups (broad SMARTS) is 1. The molecule has 1 aromatic heterocycles. The zero-order valence-corrected chi connectivity index (χ0v) is 18.5. The Kier molecular flexibility index (Phi) is 6.32. The average Bonchev–Trinajstić information content (AvgIpc) is 2.84. The van der Waals surface area contributed by atoms with Crippen molar-refractivity contribution >= 4 is 34.4 Å². The second-order valence-electron chi connectivity index (χ2n) is 7.88. The summed E-state index contributed by atoms with van der Waals surface area (Å²) in [6.45, 7) is 1.49. The Balaban J connectivity index is 1.46. The van der Waals surface area contributed by atoms with E-state index in [1.807, 2.05) is 30.3 Å². The number of carbonyl (C=O) groups excluding carboxylic acids is 2. The third-order valence-electron chi connectivity index (χ3n) is 5.46. The molecular formula is C26H21N3O6. The van der Waals surface area contributed by atoms with E-state index in [9.17, 15) is 24.3 Å². The summed E-state index contributed by atoms with van der Waals surface area (Å²) in [5.74, 6) is -2.53. The van der Waals surface area contributed by atoms with Crippen molar-refractivity contribution in [2.75, 3.05) is 5.32 Å². The minimum absolute atomic E-state index is 0.0666. The fraction of sp³-hybridized carbons (Fsp3) is 0.0769. The van der Waals surface area contributed by atoms with Crippen LogP contribution in [0.3, 0.4) is 0 Å². The number of carbonyl (C=O) groups is 3. The summed E-state index contributed by atoms with van der Waals surface area (Å²) in [5, 5.41) is 24.8. The minimum Gasteiger partial charge on any atom is -0.507 e. The van der Waals surface area contributed by atoms with Crippen LogP contribution in [0.4, 0.5) is 5.69 Å². The van der Waals surface area contributed by atoms with Crippen molar-refractivity contribution in [3.8, 4) is 16.9 Å². The Hall–Kier alpha value is -4.92. The van der Waals surface area contributed by atoms with Crippen LogP contribution in [0.15, 0.2) is 77.7 Å². The number of phenolic OH excluding ortho intramolecular Hbond substituents is 1. The van der Waals surface area contributed by atoms with Crippen LogP contribution in [-0.2, 0) is 4.79 Å². The Labute approximate surface area is 199 Å². The zero-order chi connectivity index (χ0) is 25.1. The van der Waals surface area contributed by atoms with Gasteiger partial charge in [0.25, 0.3) is 5.91 Å². The van der Waals surface area contributed by atoms with Crippen LogP contribution in [-0.4, -0.2) is 39.0 Å². The van der Waals surface area contributed by atoms with Gasteiger partial charge in [-0.25, -0.2) is 4.79 Å². The molecule has 9 nitrogen and oxygen atoms in total. The molecule has 5 N–H and O–H groups in total. The molecule has 4 rings (SSSR count). The van der Waals surface area contributed by atoms with Crippen LogP contribution < -0.4 is 16.1 Å². The molecule has 0 aliphatic rings. The van der Waals surface area contributed by atoms with E-state index < -0.39 is 34.8 Å². The van der Waals surface area contributed by atoms with Crippen LogP contribution in [0.5, 0.6) is 5.75 Å². The van der Waals surface area contributed by atoms with E-state index in [0.29, 0.717) is 11.1 Å². The van der Waals surface area contributed by atoms with Gasteiger partial charge in [0.05, 0.1) is 0 Å². The van der Waals surface area contributed by atoms with Crippen molar-refractivity contribution in [3.63, 3.8) is 0 Å². The summed E-state index contributed by atoms with van der Waals surface area (Å²) in [7, 11) is 0. The van der Waals surface area contributed by atoms with E-state index >= 15 is 0 Å². The summed E-state index contributed by atoms with van der Waals surface area (Å²) >= 11 is 0. The van der Waals surface area contributed by atoms with Crippen molar-refractivity contribution in [2.45, 2.75) is 13.0 Å². The number of aromatic hydroxyl groups is 1. The fourth-order valence-corrected chi connectivity index (χ4v) is 3.59. The van der Waals surface area contributed by atoms with Crippen LogP contribution in [0.1, 0.15) is 27.6 Å². The molecule has 0 spiro atoms. The minimum atomic E-state index is -1.36. The van der Waals surface area contributed by atoms with Gasteiger partial charge in [-0.1, -0.05) is 30.3 Å². The zero-order valence-electron chi connectivity index (χ0n) is 18.5. The van der Waals surface area contributed by atoms with Crippen molar-refractivity contribution in [3.05, 3.63) is 94.3 Å². The SMILES string of the molecule is C[C@H](NC(=O)c1ccc(-c2ccccc2)c(O)c1)C(=O)Nc1ccc2[nH]cc(C(=O)O)c(=O)c2c1. The Morgan fingerprint density at radius 2 is 1.71 bits per heavy atom. The molecule has 0 saturated carbocycles. The van der Waals surface area contributed by atoms with E-state index in [-0.39, 0.29) is 22.4 Å². The smallest absolute Gasteiger partial charge is 0.341 e. The summed E-state index contributed by atoms with van der Waals surface area (Å²) in [6, 6.07) is 17.2. The van der Waals surface area contributed by atoms with E-state index in [0.717, 1.165) is 11.8 Å². The molecule has 0 bridgehead atoms. The molecular weight excluding hydrogens is 450 g/mol. The molecule has 0 fully saturated rings. The number of hydrogen-bond donors (Lipinski definition) is 5. The number of aromatic nitrogens is 1. The molecule has 1 atom stereocenters. The molecule has 0 aliphatic carbocycles. The van der Waals surface area contributed by atoms with E-state index in [1.165, 1.54) is 25.1 Å². The second kappa shape index (κ2) is 9.52. The Bertz CT molecular complexity index is 1510. The summed E-state index contributed by atoms with van der Waals surface area (Å²) in [4.78, 5) is 51.6. The molecule has 176 valence electrons. The lowest BCUT2D eigenvalue weighted by molar-refractivity contribution is -0.117. The van der Waals surface area contributed by atoms with Crippen LogP contribution >= 0.6 is 0 Å². The molecule has 0 saturated heterocycles. The maximum Gasteiger partial charge on any atom is 0.341 e. The van der Waals surface area contributed by atoms with Gasteiger partial charge in [-0.15, -0.1) is 0 Å². The number of fused-ring (bicyclic) bond motifs is 1. The van der Waals surface area contributed by atoms with Crippen LogP contribution in [0.2, 0.25) is 0 Å². The highest BCUT2D eigenvalue weighted by molar-refractivity contribution is 6.02. The Morgan fingerprint density at radius 1 is 0.971 bits per heavy atom. The topological polar surface area (TPSA) is 149 Å². The number of rotatable bonds is 6. The monoisotopic (exact) mass is 471 g/mol. The third-order valence-corrected chi connectivity index (χ3v) is 5.46. The highest BCUT2D eigenvalue weighted by Crippen LogP contribution is 2.29. The Morgan fingerprint density at radius 3 is 2.40 bits per heavy atom. The molecule has 9 heteroatoms. The highest BCUT2D eigenvalue weighted by atomic mass is 16.4. The highest BCUT2D eigenvalue weighted by Gasteiger charge is 2.19. The van der Waals surface area contributed by atoms with Crippen molar-refractivity contribution < 1.29 is 24.6 Å². The number of aromatic amines is 1. The van der Waals surface area contributed by atoms with Crippen LogP contribution in [0, 0.1) is 0 Å². The van der Waals surface area contributed by atoms with Gasteiger partial charge in [0.15, 0.2) is 0 Å².